The first-order chi connectivity index (χ1) is 7.98. The summed E-state index contributed by atoms with van der Waals surface area (Å²) in [6.45, 7) is 6.62. The van der Waals surface area contributed by atoms with Crippen LogP contribution in [0.5, 0.6) is 0 Å². The fraction of sp³-hybridized carbons (Fsp3) is 0.462. The van der Waals surface area contributed by atoms with E-state index in [9.17, 15) is 4.79 Å². The highest BCUT2D eigenvalue weighted by Gasteiger charge is 2.28. The maximum atomic E-state index is 12.3. The number of carbonyl (C=O) groups is 1. The van der Waals surface area contributed by atoms with Crippen LogP contribution in [0.25, 0.3) is 0 Å². The molecule has 0 radical (unpaired) electrons. The Morgan fingerprint density at radius 2 is 2.00 bits per heavy atom. The van der Waals surface area contributed by atoms with Gasteiger partial charge in [0, 0.05) is 35.2 Å². The zero-order valence-electron chi connectivity index (χ0n) is 10.2. The molecule has 1 saturated heterocycles. The van der Waals surface area contributed by atoms with Crippen LogP contribution in [0.2, 0.25) is 0 Å². The summed E-state index contributed by atoms with van der Waals surface area (Å²) in [4.78, 5) is 14.2. The van der Waals surface area contributed by atoms with Gasteiger partial charge >= 0.3 is 0 Å². The van der Waals surface area contributed by atoms with Crippen LogP contribution in [0.15, 0.2) is 28.7 Å². The zero-order valence-corrected chi connectivity index (χ0v) is 11.8. The summed E-state index contributed by atoms with van der Waals surface area (Å²) in [5.74, 6) is 0.118. The number of carbonyl (C=O) groups excluding carboxylic acids is 1. The molecule has 1 amide bonds. The van der Waals surface area contributed by atoms with Crippen LogP contribution in [-0.4, -0.2) is 36.0 Å². The highest BCUT2D eigenvalue weighted by atomic mass is 79.9. The molecule has 1 aliphatic rings. The molecule has 3 nitrogen and oxygen atoms in total. The third kappa shape index (κ3) is 3.07. The largest absolute Gasteiger partial charge is 0.336 e. The summed E-state index contributed by atoms with van der Waals surface area (Å²) >= 11 is 3.37. The van der Waals surface area contributed by atoms with E-state index in [-0.39, 0.29) is 11.4 Å². The molecule has 1 fully saturated rings. The highest BCUT2D eigenvalue weighted by Crippen LogP contribution is 2.16. The fourth-order valence-corrected chi connectivity index (χ4v) is 2.35. The first kappa shape index (κ1) is 12.6. The van der Waals surface area contributed by atoms with Gasteiger partial charge in [-0.05, 0) is 38.1 Å². The van der Waals surface area contributed by atoms with Crippen molar-refractivity contribution in [3.05, 3.63) is 34.3 Å². The van der Waals surface area contributed by atoms with Gasteiger partial charge in [0.2, 0.25) is 0 Å². The molecule has 0 spiro atoms. The molecule has 4 heteroatoms. The molecule has 0 unspecified atom stereocenters. The van der Waals surface area contributed by atoms with Crippen LogP contribution in [0.1, 0.15) is 24.2 Å². The number of nitrogens with zero attached hydrogens (tertiary/aromatic N) is 1. The number of hydrogen-bond donors (Lipinski definition) is 1. The Morgan fingerprint density at radius 1 is 1.35 bits per heavy atom. The summed E-state index contributed by atoms with van der Waals surface area (Å²) in [7, 11) is 0. The van der Waals surface area contributed by atoms with Gasteiger partial charge in [0.05, 0.1) is 0 Å². The lowest BCUT2D eigenvalue weighted by molar-refractivity contribution is 0.0652. The Bertz CT molecular complexity index is 414. The Balaban J connectivity index is 2.12. The lowest BCUT2D eigenvalue weighted by Gasteiger charge is -2.39. The fourth-order valence-electron chi connectivity index (χ4n) is 2.09. The highest BCUT2D eigenvalue weighted by molar-refractivity contribution is 9.10. The molecule has 1 heterocycles. The topological polar surface area (TPSA) is 32.3 Å². The average Bonchev–Trinajstić information content (AvgIpc) is 2.28. The molecule has 1 aromatic rings. The number of rotatable bonds is 1. The number of nitrogens with one attached hydrogen (secondary N) is 1. The van der Waals surface area contributed by atoms with E-state index in [4.69, 9.17) is 0 Å². The predicted molar refractivity (Wildman–Crippen MR) is 72.1 cm³/mol. The molecule has 1 N–H and O–H groups in total. The summed E-state index contributed by atoms with van der Waals surface area (Å²) in [5.41, 5.74) is 0.759. The number of benzene rings is 1. The number of hydrogen-bond acceptors (Lipinski definition) is 2. The van der Waals surface area contributed by atoms with Crippen LogP contribution < -0.4 is 5.32 Å². The van der Waals surface area contributed by atoms with Crippen molar-refractivity contribution in [3.63, 3.8) is 0 Å². The standard InChI is InChI=1S/C13H17BrN2O/c1-13(2)9-16(8-7-15-13)12(17)10-3-5-11(14)6-4-10/h3-6,15H,7-9H2,1-2H3. The molecular formula is C13H17BrN2O. The van der Waals surface area contributed by atoms with E-state index in [0.717, 1.165) is 29.7 Å². The monoisotopic (exact) mass is 296 g/mol. The minimum Gasteiger partial charge on any atom is -0.336 e. The predicted octanol–water partition coefficient (Wildman–Crippen LogP) is 2.27. The Morgan fingerprint density at radius 3 is 2.59 bits per heavy atom. The second-order valence-electron chi connectivity index (χ2n) is 5.04. The van der Waals surface area contributed by atoms with Gasteiger partial charge in [-0.1, -0.05) is 15.9 Å². The first-order valence-corrected chi connectivity index (χ1v) is 6.57. The van der Waals surface area contributed by atoms with Crippen LogP contribution in [0.4, 0.5) is 0 Å². The molecule has 0 aliphatic carbocycles. The minimum atomic E-state index is 0.00325. The van der Waals surface area contributed by atoms with Crippen molar-refractivity contribution in [2.24, 2.45) is 0 Å². The molecule has 2 rings (SSSR count). The van der Waals surface area contributed by atoms with Gasteiger partial charge in [0.15, 0.2) is 0 Å². The molecule has 1 aliphatic heterocycles. The van der Waals surface area contributed by atoms with Crippen LogP contribution in [-0.2, 0) is 0 Å². The van der Waals surface area contributed by atoms with Gasteiger partial charge in [-0.15, -0.1) is 0 Å². The maximum Gasteiger partial charge on any atom is 0.253 e. The van der Waals surface area contributed by atoms with Gasteiger partial charge < -0.3 is 10.2 Å². The van der Waals surface area contributed by atoms with Gasteiger partial charge in [-0.25, -0.2) is 0 Å². The van der Waals surface area contributed by atoms with Gasteiger partial charge in [-0.3, -0.25) is 4.79 Å². The van der Waals surface area contributed by atoms with E-state index >= 15 is 0 Å². The van der Waals surface area contributed by atoms with E-state index in [1.54, 1.807) is 0 Å². The minimum absolute atomic E-state index is 0.00325. The van der Waals surface area contributed by atoms with Crippen LogP contribution in [0.3, 0.4) is 0 Å². The number of piperazine rings is 1. The Labute approximate surface area is 110 Å². The lowest BCUT2D eigenvalue weighted by Crippen LogP contribution is -2.58. The van der Waals surface area contributed by atoms with Gasteiger partial charge in [-0.2, -0.15) is 0 Å². The smallest absolute Gasteiger partial charge is 0.253 e. The molecule has 0 bridgehead atoms. The summed E-state index contributed by atoms with van der Waals surface area (Å²) in [5, 5.41) is 3.40. The molecule has 17 heavy (non-hydrogen) atoms. The van der Waals surface area contributed by atoms with E-state index < -0.39 is 0 Å². The van der Waals surface area contributed by atoms with E-state index in [0.29, 0.717) is 0 Å². The summed E-state index contributed by atoms with van der Waals surface area (Å²) in [6, 6.07) is 7.53. The molecule has 0 atom stereocenters. The molecule has 92 valence electrons. The Hall–Kier alpha value is -0.870. The van der Waals surface area contributed by atoms with E-state index in [1.165, 1.54) is 0 Å². The van der Waals surface area contributed by atoms with Crippen molar-refractivity contribution in [2.45, 2.75) is 19.4 Å². The third-order valence-corrected chi connectivity index (χ3v) is 3.48. The normalized spacial score (nSPS) is 19.1. The van der Waals surface area contributed by atoms with E-state index in [1.807, 2.05) is 29.2 Å². The second-order valence-corrected chi connectivity index (χ2v) is 5.96. The van der Waals surface area contributed by atoms with Gasteiger partial charge in [0.1, 0.15) is 0 Å². The zero-order chi connectivity index (χ0) is 12.5. The third-order valence-electron chi connectivity index (χ3n) is 2.95. The SMILES string of the molecule is CC1(C)CN(C(=O)c2ccc(Br)cc2)CCN1. The maximum absolute atomic E-state index is 12.3. The quantitative estimate of drug-likeness (QED) is 0.862. The van der Waals surface area contributed by atoms with Gasteiger partial charge in [0.25, 0.3) is 5.91 Å². The lowest BCUT2D eigenvalue weighted by atomic mass is 10.0. The van der Waals surface area contributed by atoms with Crippen molar-refractivity contribution in [1.29, 1.82) is 0 Å². The molecule has 1 aromatic carbocycles. The summed E-state index contributed by atoms with van der Waals surface area (Å²) in [6.07, 6.45) is 0. The van der Waals surface area contributed by atoms with Crippen molar-refractivity contribution >= 4 is 21.8 Å². The van der Waals surface area contributed by atoms with Crippen molar-refractivity contribution in [1.82, 2.24) is 10.2 Å². The number of amides is 1. The summed E-state index contributed by atoms with van der Waals surface area (Å²) < 4.78 is 0.995. The average molecular weight is 297 g/mol. The second kappa shape index (κ2) is 4.78. The molecular weight excluding hydrogens is 280 g/mol. The van der Waals surface area contributed by atoms with Crippen molar-refractivity contribution < 1.29 is 4.79 Å². The van der Waals surface area contributed by atoms with Crippen LogP contribution >= 0.6 is 15.9 Å². The number of halogens is 1. The Kier molecular flexibility index (Phi) is 3.54. The van der Waals surface area contributed by atoms with Crippen molar-refractivity contribution in [2.75, 3.05) is 19.6 Å². The molecule has 0 saturated carbocycles. The first-order valence-electron chi connectivity index (χ1n) is 5.78. The molecule has 0 aromatic heterocycles. The van der Waals surface area contributed by atoms with E-state index in [2.05, 4.69) is 35.1 Å². The van der Waals surface area contributed by atoms with Crippen LogP contribution in [0, 0.1) is 0 Å². The van der Waals surface area contributed by atoms with Crippen molar-refractivity contribution in [3.8, 4) is 0 Å².